The molecule has 1 heterocycles. The summed E-state index contributed by atoms with van der Waals surface area (Å²) in [6.07, 6.45) is 2.09. The Morgan fingerprint density at radius 3 is 2.75 bits per heavy atom. The average Bonchev–Trinajstić information content (AvgIpc) is 2.53. The average molecular weight is 243 g/mol. The number of aryl methyl sites for hydroxylation is 2. The first-order chi connectivity index (χ1) is 7.63. The first-order valence-electron chi connectivity index (χ1n) is 5.82. The van der Waals surface area contributed by atoms with Crippen LogP contribution in [0, 0.1) is 13.8 Å². The minimum atomic E-state index is -0.287. The third-order valence-corrected chi connectivity index (χ3v) is 3.61. The van der Waals surface area contributed by atoms with Crippen molar-refractivity contribution >= 4 is 11.3 Å². The molecule has 0 aliphatic carbocycles. The van der Waals surface area contributed by atoms with Gasteiger partial charge in [0.2, 0.25) is 0 Å². The van der Waals surface area contributed by atoms with Gasteiger partial charge >= 0.3 is 0 Å². The Bertz CT molecular complexity index is 292. The Hall–Kier alpha value is -0.450. The number of hydrogen-bond acceptors (Lipinski definition) is 4. The molecule has 0 aliphatic heterocycles. The van der Waals surface area contributed by atoms with Crippen LogP contribution in [0.5, 0.6) is 0 Å². The molecule has 92 valence electrons. The molecule has 0 fully saturated rings. The molecule has 1 aromatic rings. The fourth-order valence-electron chi connectivity index (χ4n) is 1.50. The summed E-state index contributed by atoms with van der Waals surface area (Å²) in [5.74, 6) is 0. The van der Waals surface area contributed by atoms with Crippen LogP contribution in [0.25, 0.3) is 0 Å². The van der Waals surface area contributed by atoms with E-state index >= 15 is 0 Å². The number of aliphatic hydroxyl groups is 1. The molecule has 0 amide bonds. The first-order valence-corrected chi connectivity index (χ1v) is 6.63. The molecule has 1 atom stereocenters. The maximum Gasteiger partial charge on any atom is 0.0956 e. The maximum atomic E-state index is 9.81. The van der Waals surface area contributed by atoms with Crippen LogP contribution in [0.4, 0.5) is 0 Å². The van der Waals surface area contributed by atoms with E-state index in [0.29, 0.717) is 6.42 Å². The molecule has 0 aliphatic rings. The molecule has 3 nitrogen and oxygen atoms in total. The van der Waals surface area contributed by atoms with Gasteiger partial charge in [0.1, 0.15) is 0 Å². The number of nitrogens with zero attached hydrogens (tertiary/aromatic N) is 1. The van der Waals surface area contributed by atoms with Crippen LogP contribution in [0.2, 0.25) is 0 Å². The molecule has 4 heteroatoms. The van der Waals surface area contributed by atoms with Crippen LogP contribution in [0.15, 0.2) is 0 Å². The van der Waals surface area contributed by atoms with Crippen molar-refractivity contribution < 1.29 is 9.84 Å². The zero-order valence-electron chi connectivity index (χ0n) is 10.3. The fraction of sp³-hybridized carbons (Fsp3) is 0.750. The van der Waals surface area contributed by atoms with Gasteiger partial charge in [0, 0.05) is 24.5 Å². The van der Waals surface area contributed by atoms with Crippen molar-refractivity contribution in [1.82, 2.24) is 4.98 Å². The van der Waals surface area contributed by atoms with E-state index in [4.69, 9.17) is 4.74 Å². The number of thiazole rings is 1. The van der Waals surface area contributed by atoms with E-state index in [0.717, 1.165) is 36.8 Å². The van der Waals surface area contributed by atoms with Crippen LogP contribution < -0.4 is 0 Å². The van der Waals surface area contributed by atoms with Crippen molar-refractivity contribution in [2.45, 2.75) is 46.1 Å². The molecule has 1 N–H and O–H groups in total. The molecule has 0 radical (unpaired) electrons. The topological polar surface area (TPSA) is 42.4 Å². The normalized spacial score (nSPS) is 13.0. The van der Waals surface area contributed by atoms with Crippen LogP contribution in [-0.4, -0.2) is 29.4 Å². The summed E-state index contributed by atoms with van der Waals surface area (Å²) in [4.78, 5) is 5.67. The van der Waals surface area contributed by atoms with Crippen LogP contribution >= 0.6 is 11.3 Å². The molecular formula is C12H21NO2S. The molecule has 1 aromatic heterocycles. The van der Waals surface area contributed by atoms with Crippen molar-refractivity contribution in [2.24, 2.45) is 0 Å². The van der Waals surface area contributed by atoms with E-state index in [2.05, 4.69) is 11.9 Å². The standard InChI is InChI=1S/C12H21NO2S/c1-4-15-7-5-6-11(14)8-12-13-9(2)10(3)16-12/h11,14H,4-8H2,1-3H3. The van der Waals surface area contributed by atoms with Crippen molar-refractivity contribution in [2.75, 3.05) is 13.2 Å². The predicted molar refractivity (Wildman–Crippen MR) is 67.0 cm³/mol. The SMILES string of the molecule is CCOCCCC(O)Cc1nc(C)c(C)s1. The Balaban J connectivity index is 2.25. The van der Waals surface area contributed by atoms with Crippen molar-refractivity contribution in [1.29, 1.82) is 0 Å². The van der Waals surface area contributed by atoms with Crippen LogP contribution in [-0.2, 0) is 11.2 Å². The predicted octanol–water partition coefficient (Wildman–Crippen LogP) is 2.48. The summed E-state index contributed by atoms with van der Waals surface area (Å²) >= 11 is 1.68. The lowest BCUT2D eigenvalue weighted by molar-refractivity contribution is 0.114. The van der Waals surface area contributed by atoms with Gasteiger partial charge in [0.15, 0.2) is 0 Å². The van der Waals surface area contributed by atoms with Crippen molar-refractivity contribution in [3.63, 3.8) is 0 Å². The second-order valence-corrected chi connectivity index (χ2v) is 5.23. The van der Waals surface area contributed by atoms with Gasteiger partial charge in [-0.05, 0) is 33.6 Å². The molecule has 16 heavy (non-hydrogen) atoms. The van der Waals surface area contributed by atoms with Crippen LogP contribution in [0.1, 0.15) is 35.3 Å². The highest BCUT2D eigenvalue weighted by Gasteiger charge is 2.10. The van der Waals surface area contributed by atoms with Gasteiger partial charge < -0.3 is 9.84 Å². The van der Waals surface area contributed by atoms with Gasteiger partial charge in [0.05, 0.1) is 16.8 Å². The molecule has 0 saturated carbocycles. The summed E-state index contributed by atoms with van der Waals surface area (Å²) in [5, 5.41) is 10.9. The Kier molecular flexibility index (Phi) is 5.95. The lowest BCUT2D eigenvalue weighted by Crippen LogP contribution is -2.11. The Morgan fingerprint density at radius 2 is 2.19 bits per heavy atom. The van der Waals surface area contributed by atoms with Gasteiger partial charge in [-0.1, -0.05) is 0 Å². The molecule has 0 aromatic carbocycles. The number of aliphatic hydroxyl groups excluding tert-OH is 1. The highest BCUT2D eigenvalue weighted by Crippen LogP contribution is 2.18. The number of rotatable bonds is 7. The van der Waals surface area contributed by atoms with Crippen LogP contribution in [0.3, 0.4) is 0 Å². The van der Waals surface area contributed by atoms with Gasteiger partial charge in [-0.2, -0.15) is 0 Å². The lowest BCUT2D eigenvalue weighted by atomic mass is 10.1. The number of hydrogen-bond donors (Lipinski definition) is 1. The quantitative estimate of drug-likeness (QED) is 0.748. The monoisotopic (exact) mass is 243 g/mol. The van der Waals surface area contributed by atoms with E-state index in [1.54, 1.807) is 11.3 Å². The molecule has 1 unspecified atom stereocenters. The molecule has 0 spiro atoms. The molecule has 0 saturated heterocycles. The highest BCUT2D eigenvalue weighted by atomic mass is 32.1. The summed E-state index contributed by atoms with van der Waals surface area (Å²) < 4.78 is 5.23. The molecular weight excluding hydrogens is 222 g/mol. The third kappa shape index (κ3) is 4.60. The van der Waals surface area contributed by atoms with E-state index in [9.17, 15) is 5.11 Å². The zero-order valence-corrected chi connectivity index (χ0v) is 11.1. The second kappa shape index (κ2) is 6.99. The van der Waals surface area contributed by atoms with Gasteiger partial charge in [-0.3, -0.25) is 0 Å². The lowest BCUT2D eigenvalue weighted by Gasteiger charge is -2.08. The molecule has 1 rings (SSSR count). The van der Waals surface area contributed by atoms with Gasteiger partial charge in [-0.25, -0.2) is 4.98 Å². The van der Waals surface area contributed by atoms with Gasteiger partial charge in [0.25, 0.3) is 0 Å². The zero-order chi connectivity index (χ0) is 12.0. The van der Waals surface area contributed by atoms with E-state index in [-0.39, 0.29) is 6.10 Å². The van der Waals surface area contributed by atoms with E-state index in [1.165, 1.54) is 4.88 Å². The fourth-order valence-corrected chi connectivity index (χ4v) is 2.50. The third-order valence-electron chi connectivity index (χ3n) is 2.51. The largest absolute Gasteiger partial charge is 0.393 e. The maximum absolute atomic E-state index is 9.81. The van der Waals surface area contributed by atoms with E-state index < -0.39 is 0 Å². The van der Waals surface area contributed by atoms with Crippen molar-refractivity contribution in [3.8, 4) is 0 Å². The van der Waals surface area contributed by atoms with E-state index in [1.807, 2.05) is 13.8 Å². The molecule has 0 bridgehead atoms. The minimum Gasteiger partial charge on any atom is -0.393 e. The second-order valence-electron chi connectivity index (χ2n) is 3.95. The van der Waals surface area contributed by atoms with Gasteiger partial charge in [-0.15, -0.1) is 11.3 Å². The summed E-state index contributed by atoms with van der Waals surface area (Å²) in [7, 11) is 0. The summed E-state index contributed by atoms with van der Waals surface area (Å²) in [6.45, 7) is 7.55. The Labute approximate surface area is 101 Å². The minimum absolute atomic E-state index is 0.287. The van der Waals surface area contributed by atoms with Crippen molar-refractivity contribution in [3.05, 3.63) is 15.6 Å². The number of aromatic nitrogens is 1. The number of ether oxygens (including phenoxy) is 1. The summed E-state index contributed by atoms with van der Waals surface area (Å²) in [6, 6.07) is 0. The summed E-state index contributed by atoms with van der Waals surface area (Å²) in [5.41, 5.74) is 1.08. The smallest absolute Gasteiger partial charge is 0.0956 e. The Morgan fingerprint density at radius 1 is 1.44 bits per heavy atom. The highest BCUT2D eigenvalue weighted by molar-refractivity contribution is 7.11. The first kappa shape index (κ1) is 13.6.